The first-order chi connectivity index (χ1) is 12.2. The summed E-state index contributed by atoms with van der Waals surface area (Å²) < 4.78 is 5.59. The monoisotopic (exact) mass is 333 g/mol. The van der Waals surface area contributed by atoms with E-state index < -0.39 is 12.1 Å². The summed E-state index contributed by atoms with van der Waals surface area (Å²) in [7, 11) is 0. The van der Waals surface area contributed by atoms with E-state index in [0.717, 1.165) is 22.3 Å². The Balaban J connectivity index is 1.55. The van der Waals surface area contributed by atoms with Crippen LogP contribution < -0.4 is 5.73 Å². The van der Waals surface area contributed by atoms with Gasteiger partial charge in [0.25, 0.3) is 0 Å². The van der Waals surface area contributed by atoms with Crippen molar-refractivity contribution < 1.29 is 9.84 Å². The van der Waals surface area contributed by atoms with Crippen LogP contribution in [-0.2, 0) is 11.3 Å². The van der Waals surface area contributed by atoms with Gasteiger partial charge in [0.2, 0.25) is 0 Å². The van der Waals surface area contributed by atoms with Crippen molar-refractivity contribution in [1.29, 1.82) is 0 Å². The molecule has 0 saturated heterocycles. The van der Waals surface area contributed by atoms with Crippen LogP contribution in [0.2, 0.25) is 0 Å². The maximum Gasteiger partial charge on any atom is 0.0965 e. The van der Waals surface area contributed by atoms with Crippen LogP contribution in [0, 0.1) is 0 Å². The van der Waals surface area contributed by atoms with Gasteiger partial charge >= 0.3 is 0 Å². The van der Waals surface area contributed by atoms with Gasteiger partial charge in [-0.2, -0.15) is 0 Å². The fraction of sp³-hybridized carbons (Fsp3) is 0.182. The summed E-state index contributed by atoms with van der Waals surface area (Å²) >= 11 is 0. The maximum absolute atomic E-state index is 10.3. The highest BCUT2D eigenvalue weighted by Gasteiger charge is 2.17. The average Bonchev–Trinajstić information content (AvgIpc) is 2.69. The molecule has 0 heterocycles. The third-order valence-electron chi connectivity index (χ3n) is 4.22. The van der Waals surface area contributed by atoms with Crippen LogP contribution >= 0.6 is 0 Å². The summed E-state index contributed by atoms with van der Waals surface area (Å²) in [5.41, 5.74) is 10.4. The molecule has 0 amide bonds. The second-order valence-corrected chi connectivity index (χ2v) is 6.08. The van der Waals surface area contributed by atoms with E-state index in [2.05, 4.69) is 12.1 Å². The van der Waals surface area contributed by atoms with Crippen LogP contribution in [-0.4, -0.2) is 17.8 Å². The van der Waals surface area contributed by atoms with Crippen LogP contribution in [0.25, 0.3) is 11.1 Å². The molecule has 3 aromatic rings. The number of aliphatic hydroxyl groups excluding tert-OH is 1. The van der Waals surface area contributed by atoms with Gasteiger partial charge in [0.15, 0.2) is 0 Å². The summed E-state index contributed by atoms with van der Waals surface area (Å²) in [6.45, 7) is 0.675. The predicted octanol–water partition coefficient (Wildman–Crippen LogP) is 3.93. The smallest absolute Gasteiger partial charge is 0.0965 e. The molecule has 3 N–H and O–H groups in total. The van der Waals surface area contributed by atoms with Crippen LogP contribution in [0.15, 0.2) is 84.9 Å². The summed E-state index contributed by atoms with van der Waals surface area (Å²) in [5.74, 6) is 0. The lowest BCUT2D eigenvalue weighted by molar-refractivity contribution is 0.0156. The Morgan fingerprint density at radius 2 is 1.32 bits per heavy atom. The van der Waals surface area contributed by atoms with Crippen molar-refractivity contribution in [2.24, 2.45) is 5.73 Å². The quantitative estimate of drug-likeness (QED) is 0.689. The molecular weight excluding hydrogens is 310 g/mol. The van der Waals surface area contributed by atoms with Crippen molar-refractivity contribution >= 4 is 0 Å². The van der Waals surface area contributed by atoms with Crippen molar-refractivity contribution in [3.63, 3.8) is 0 Å². The average molecular weight is 333 g/mol. The third kappa shape index (κ3) is 4.77. The number of hydrogen-bond acceptors (Lipinski definition) is 3. The van der Waals surface area contributed by atoms with E-state index >= 15 is 0 Å². The Morgan fingerprint density at radius 1 is 0.760 bits per heavy atom. The summed E-state index contributed by atoms with van der Waals surface area (Å²) in [5, 5.41) is 10.3. The van der Waals surface area contributed by atoms with Gasteiger partial charge in [-0.1, -0.05) is 84.9 Å². The van der Waals surface area contributed by atoms with Gasteiger partial charge < -0.3 is 15.6 Å². The highest BCUT2D eigenvalue weighted by atomic mass is 16.5. The van der Waals surface area contributed by atoms with Gasteiger partial charge in [0.1, 0.15) is 0 Å². The first-order valence-electron chi connectivity index (χ1n) is 8.45. The topological polar surface area (TPSA) is 55.5 Å². The molecule has 128 valence electrons. The van der Waals surface area contributed by atoms with Gasteiger partial charge in [-0.15, -0.1) is 0 Å². The molecule has 3 aromatic carbocycles. The third-order valence-corrected chi connectivity index (χ3v) is 4.22. The van der Waals surface area contributed by atoms with E-state index in [1.807, 2.05) is 72.8 Å². The lowest BCUT2D eigenvalue weighted by Crippen LogP contribution is -2.30. The molecule has 3 rings (SSSR count). The molecule has 0 aromatic heterocycles. The van der Waals surface area contributed by atoms with Gasteiger partial charge in [0.05, 0.1) is 25.4 Å². The molecule has 0 aliphatic heterocycles. The lowest BCUT2D eigenvalue weighted by atomic mass is 9.98. The van der Waals surface area contributed by atoms with Gasteiger partial charge in [-0.05, 0) is 22.3 Å². The van der Waals surface area contributed by atoms with E-state index in [1.54, 1.807) is 0 Å². The molecule has 25 heavy (non-hydrogen) atoms. The first-order valence-corrected chi connectivity index (χ1v) is 8.45. The Labute approximate surface area is 148 Å². The first kappa shape index (κ1) is 17.4. The summed E-state index contributed by atoms with van der Waals surface area (Å²) in [6.07, 6.45) is -0.744. The number of benzene rings is 3. The second kappa shape index (κ2) is 8.58. The van der Waals surface area contributed by atoms with Crippen LogP contribution in [0.3, 0.4) is 0 Å². The van der Waals surface area contributed by atoms with Gasteiger partial charge in [0, 0.05) is 0 Å². The highest BCUT2D eigenvalue weighted by Crippen LogP contribution is 2.22. The van der Waals surface area contributed by atoms with Crippen molar-refractivity contribution in [1.82, 2.24) is 0 Å². The number of ether oxygens (including phenoxy) is 1. The van der Waals surface area contributed by atoms with Crippen LogP contribution in [0.5, 0.6) is 0 Å². The standard InChI is InChI=1S/C22H23NO2/c23-22(21(24)16-25-15-17-7-3-1-4-8-17)20-13-11-19(12-14-20)18-9-5-2-6-10-18/h1-14,21-22,24H,15-16,23H2/t21-,22+/m0/s1. The minimum Gasteiger partial charge on any atom is -0.389 e. The van der Waals surface area contributed by atoms with E-state index in [1.165, 1.54) is 0 Å². The lowest BCUT2D eigenvalue weighted by Gasteiger charge is -2.19. The van der Waals surface area contributed by atoms with Crippen LogP contribution in [0.4, 0.5) is 0 Å². The molecule has 0 saturated carbocycles. The van der Waals surface area contributed by atoms with E-state index in [0.29, 0.717) is 6.61 Å². The number of rotatable bonds is 7. The Kier molecular flexibility index (Phi) is 5.96. The largest absolute Gasteiger partial charge is 0.389 e. The zero-order valence-electron chi connectivity index (χ0n) is 14.1. The molecule has 2 atom stereocenters. The summed E-state index contributed by atoms with van der Waals surface area (Å²) in [4.78, 5) is 0. The fourth-order valence-electron chi connectivity index (χ4n) is 2.73. The molecule has 0 aliphatic carbocycles. The Morgan fingerprint density at radius 3 is 1.96 bits per heavy atom. The van der Waals surface area contributed by atoms with Crippen molar-refractivity contribution in [3.8, 4) is 11.1 Å². The van der Waals surface area contributed by atoms with Crippen LogP contribution in [0.1, 0.15) is 17.2 Å². The molecule has 0 radical (unpaired) electrons. The minimum absolute atomic E-state index is 0.205. The van der Waals surface area contributed by atoms with Gasteiger partial charge in [-0.25, -0.2) is 0 Å². The van der Waals surface area contributed by atoms with E-state index in [-0.39, 0.29) is 6.61 Å². The fourth-order valence-corrected chi connectivity index (χ4v) is 2.73. The molecular formula is C22H23NO2. The predicted molar refractivity (Wildman–Crippen MR) is 101 cm³/mol. The molecule has 0 unspecified atom stereocenters. The molecule has 3 heteroatoms. The SMILES string of the molecule is N[C@H](c1ccc(-c2ccccc2)cc1)[C@@H](O)COCc1ccccc1. The second-order valence-electron chi connectivity index (χ2n) is 6.08. The van der Waals surface area contributed by atoms with E-state index in [4.69, 9.17) is 10.5 Å². The molecule has 3 nitrogen and oxygen atoms in total. The number of aliphatic hydroxyl groups is 1. The highest BCUT2D eigenvalue weighted by molar-refractivity contribution is 5.63. The van der Waals surface area contributed by atoms with Crippen molar-refractivity contribution in [2.75, 3.05) is 6.61 Å². The maximum atomic E-state index is 10.3. The molecule has 0 spiro atoms. The van der Waals surface area contributed by atoms with E-state index in [9.17, 15) is 5.11 Å². The molecule has 0 aliphatic rings. The van der Waals surface area contributed by atoms with Crippen molar-refractivity contribution in [3.05, 3.63) is 96.1 Å². The van der Waals surface area contributed by atoms with Crippen molar-refractivity contribution in [2.45, 2.75) is 18.8 Å². The number of nitrogens with two attached hydrogens (primary N) is 1. The Hall–Kier alpha value is -2.46. The minimum atomic E-state index is -0.744. The zero-order valence-corrected chi connectivity index (χ0v) is 14.1. The Bertz CT molecular complexity index is 757. The molecule has 0 fully saturated rings. The number of hydrogen-bond donors (Lipinski definition) is 2. The normalized spacial score (nSPS) is 13.4. The summed E-state index contributed by atoms with van der Waals surface area (Å²) in [6, 6.07) is 27.6. The molecule has 0 bridgehead atoms. The van der Waals surface area contributed by atoms with Gasteiger partial charge in [-0.3, -0.25) is 0 Å². The zero-order chi connectivity index (χ0) is 17.5.